The maximum absolute atomic E-state index is 12.6. The van der Waals surface area contributed by atoms with Crippen molar-refractivity contribution in [1.82, 2.24) is 14.9 Å². The van der Waals surface area contributed by atoms with E-state index in [-0.39, 0.29) is 18.7 Å². The van der Waals surface area contributed by atoms with Gasteiger partial charge in [0.25, 0.3) is 0 Å². The topological polar surface area (TPSA) is 78.4 Å². The Kier molecular flexibility index (Phi) is 3.90. The number of fused-ring (bicyclic) bond motifs is 1. The van der Waals surface area contributed by atoms with E-state index in [9.17, 15) is 9.90 Å². The highest BCUT2D eigenvalue weighted by Gasteiger charge is 2.30. The molecular weight excluding hydrogens is 304 g/mol. The average Bonchev–Trinajstić information content (AvgIpc) is 3.46. The number of hydrogen-bond donors (Lipinski definition) is 2. The first-order valence-electron chi connectivity index (χ1n) is 8.34. The summed E-state index contributed by atoms with van der Waals surface area (Å²) in [5, 5.41) is 12.6. The van der Waals surface area contributed by atoms with Gasteiger partial charge in [-0.3, -0.25) is 0 Å². The minimum Gasteiger partial charge on any atom is -0.394 e. The SMILES string of the molecule is O=C(Nc1cnc(C2CC2)nc1)N1CCc2ccccc2[C@H]1CO. The molecule has 0 unspecified atom stereocenters. The minimum atomic E-state index is -0.318. The van der Waals surface area contributed by atoms with Crippen molar-refractivity contribution >= 4 is 11.7 Å². The molecular formula is C18H20N4O2. The number of nitrogens with one attached hydrogen (secondary N) is 1. The van der Waals surface area contributed by atoms with Gasteiger partial charge in [0.15, 0.2) is 0 Å². The molecule has 0 bridgehead atoms. The van der Waals surface area contributed by atoms with E-state index in [1.54, 1.807) is 17.3 Å². The van der Waals surface area contributed by atoms with Crippen molar-refractivity contribution in [3.8, 4) is 0 Å². The lowest BCUT2D eigenvalue weighted by atomic mass is 9.93. The summed E-state index contributed by atoms with van der Waals surface area (Å²) < 4.78 is 0. The summed E-state index contributed by atoms with van der Waals surface area (Å²) in [6, 6.07) is 7.41. The van der Waals surface area contributed by atoms with E-state index in [1.807, 2.05) is 18.2 Å². The Labute approximate surface area is 140 Å². The van der Waals surface area contributed by atoms with Crippen LogP contribution in [0.3, 0.4) is 0 Å². The molecule has 1 aromatic heterocycles. The van der Waals surface area contributed by atoms with Crippen molar-refractivity contribution < 1.29 is 9.90 Å². The van der Waals surface area contributed by atoms with Gasteiger partial charge in [-0.15, -0.1) is 0 Å². The molecule has 6 nitrogen and oxygen atoms in total. The van der Waals surface area contributed by atoms with Crippen LogP contribution in [0.2, 0.25) is 0 Å². The first-order valence-corrected chi connectivity index (χ1v) is 8.34. The smallest absolute Gasteiger partial charge is 0.322 e. The third kappa shape index (κ3) is 2.85. The summed E-state index contributed by atoms with van der Waals surface area (Å²) in [5.41, 5.74) is 2.79. The number of rotatable bonds is 3. The van der Waals surface area contributed by atoms with Gasteiger partial charge in [0.05, 0.1) is 30.7 Å². The van der Waals surface area contributed by atoms with Gasteiger partial charge in [0, 0.05) is 12.5 Å². The fourth-order valence-electron chi connectivity index (χ4n) is 3.24. The van der Waals surface area contributed by atoms with Gasteiger partial charge >= 0.3 is 6.03 Å². The Bertz CT molecular complexity index is 743. The molecule has 2 N–H and O–H groups in total. The van der Waals surface area contributed by atoms with Crippen LogP contribution in [0.5, 0.6) is 0 Å². The highest BCUT2D eigenvalue weighted by atomic mass is 16.3. The van der Waals surface area contributed by atoms with E-state index >= 15 is 0 Å². The van der Waals surface area contributed by atoms with E-state index in [0.717, 1.165) is 30.7 Å². The largest absolute Gasteiger partial charge is 0.394 e. The van der Waals surface area contributed by atoms with Crippen molar-refractivity contribution in [2.75, 3.05) is 18.5 Å². The number of amides is 2. The zero-order valence-corrected chi connectivity index (χ0v) is 13.4. The lowest BCUT2D eigenvalue weighted by Crippen LogP contribution is -2.43. The summed E-state index contributed by atoms with van der Waals surface area (Å²) in [6.45, 7) is 0.483. The van der Waals surface area contributed by atoms with E-state index in [0.29, 0.717) is 18.2 Å². The number of aliphatic hydroxyl groups excluding tert-OH is 1. The quantitative estimate of drug-likeness (QED) is 0.909. The maximum atomic E-state index is 12.6. The molecule has 0 spiro atoms. The maximum Gasteiger partial charge on any atom is 0.322 e. The van der Waals surface area contributed by atoms with Crippen LogP contribution in [-0.2, 0) is 6.42 Å². The number of hydrogen-bond acceptors (Lipinski definition) is 4. The molecule has 0 saturated heterocycles. The van der Waals surface area contributed by atoms with Crippen molar-refractivity contribution in [2.24, 2.45) is 0 Å². The molecule has 1 fully saturated rings. The van der Waals surface area contributed by atoms with Crippen molar-refractivity contribution in [2.45, 2.75) is 31.2 Å². The van der Waals surface area contributed by atoms with E-state index in [4.69, 9.17) is 0 Å². The summed E-state index contributed by atoms with van der Waals surface area (Å²) in [7, 11) is 0. The second-order valence-electron chi connectivity index (χ2n) is 6.37. The first kappa shape index (κ1) is 15.1. The molecule has 2 aromatic rings. The second kappa shape index (κ2) is 6.20. The summed E-state index contributed by atoms with van der Waals surface area (Å²) in [4.78, 5) is 22.9. The van der Waals surface area contributed by atoms with Crippen LogP contribution in [0.4, 0.5) is 10.5 Å². The minimum absolute atomic E-state index is 0.0957. The molecule has 2 amide bonds. The van der Waals surface area contributed by atoms with Crippen molar-refractivity contribution in [3.63, 3.8) is 0 Å². The fourth-order valence-corrected chi connectivity index (χ4v) is 3.24. The number of aromatic nitrogens is 2. The number of aliphatic hydroxyl groups is 1. The number of benzene rings is 1. The molecule has 6 heteroatoms. The Morgan fingerprint density at radius 3 is 2.71 bits per heavy atom. The number of carbonyl (C=O) groups excluding carboxylic acids is 1. The van der Waals surface area contributed by atoms with Gasteiger partial charge in [-0.05, 0) is 30.4 Å². The highest BCUT2D eigenvalue weighted by Crippen LogP contribution is 2.37. The Hall–Kier alpha value is -2.47. The van der Waals surface area contributed by atoms with Crippen LogP contribution >= 0.6 is 0 Å². The highest BCUT2D eigenvalue weighted by molar-refractivity contribution is 5.89. The zero-order valence-electron chi connectivity index (χ0n) is 13.4. The third-order valence-corrected chi connectivity index (χ3v) is 4.71. The molecule has 1 atom stereocenters. The van der Waals surface area contributed by atoms with Crippen molar-refractivity contribution in [1.29, 1.82) is 0 Å². The van der Waals surface area contributed by atoms with Crippen LogP contribution < -0.4 is 5.32 Å². The van der Waals surface area contributed by atoms with Crippen LogP contribution in [0, 0.1) is 0 Å². The van der Waals surface area contributed by atoms with E-state index in [1.165, 1.54) is 5.56 Å². The summed E-state index contributed by atoms with van der Waals surface area (Å²) in [6.07, 6.45) is 6.40. The molecule has 2 heterocycles. The molecule has 1 saturated carbocycles. The molecule has 24 heavy (non-hydrogen) atoms. The van der Waals surface area contributed by atoms with Gasteiger partial charge in [0.2, 0.25) is 0 Å². The fraction of sp³-hybridized carbons (Fsp3) is 0.389. The number of urea groups is 1. The van der Waals surface area contributed by atoms with E-state index in [2.05, 4.69) is 21.4 Å². The van der Waals surface area contributed by atoms with Crippen LogP contribution in [0.15, 0.2) is 36.7 Å². The van der Waals surface area contributed by atoms with E-state index < -0.39 is 0 Å². The zero-order chi connectivity index (χ0) is 16.5. The molecule has 0 radical (unpaired) electrons. The normalized spacial score (nSPS) is 19.7. The van der Waals surface area contributed by atoms with Gasteiger partial charge in [0.1, 0.15) is 5.82 Å². The predicted octanol–water partition coefficient (Wildman–Crippen LogP) is 2.48. The lowest BCUT2D eigenvalue weighted by Gasteiger charge is -2.36. The van der Waals surface area contributed by atoms with Crippen molar-refractivity contribution in [3.05, 3.63) is 53.6 Å². The second-order valence-corrected chi connectivity index (χ2v) is 6.37. The van der Waals surface area contributed by atoms with Gasteiger partial charge < -0.3 is 15.3 Å². The molecule has 1 aliphatic heterocycles. The van der Waals surface area contributed by atoms with Crippen LogP contribution in [0.25, 0.3) is 0 Å². The lowest BCUT2D eigenvalue weighted by molar-refractivity contribution is 0.135. The van der Waals surface area contributed by atoms with Gasteiger partial charge in [-0.2, -0.15) is 0 Å². The molecule has 2 aliphatic rings. The van der Waals surface area contributed by atoms with Gasteiger partial charge in [-0.1, -0.05) is 24.3 Å². The van der Waals surface area contributed by atoms with Crippen LogP contribution in [-0.4, -0.2) is 39.2 Å². The number of nitrogens with zero attached hydrogens (tertiary/aromatic N) is 3. The Morgan fingerprint density at radius 2 is 2.00 bits per heavy atom. The Morgan fingerprint density at radius 1 is 1.25 bits per heavy atom. The third-order valence-electron chi connectivity index (χ3n) is 4.71. The summed E-state index contributed by atoms with van der Waals surface area (Å²) >= 11 is 0. The van der Waals surface area contributed by atoms with Gasteiger partial charge in [-0.25, -0.2) is 14.8 Å². The Balaban J connectivity index is 1.49. The summed E-state index contributed by atoms with van der Waals surface area (Å²) in [5.74, 6) is 1.35. The number of anilines is 1. The first-order chi connectivity index (χ1) is 11.8. The molecule has 1 aromatic carbocycles. The predicted molar refractivity (Wildman–Crippen MR) is 89.7 cm³/mol. The van der Waals surface area contributed by atoms with Crippen LogP contribution in [0.1, 0.15) is 41.8 Å². The standard InChI is InChI=1S/C18H20N4O2/c23-11-16-15-4-2-1-3-12(15)7-8-22(16)18(24)21-14-9-19-17(20-10-14)13-5-6-13/h1-4,9-10,13,16,23H,5-8,11H2,(H,21,24)/t16-/m1/s1. The number of carbonyl (C=O) groups is 1. The monoisotopic (exact) mass is 324 g/mol. The molecule has 1 aliphatic carbocycles. The average molecular weight is 324 g/mol. The molecule has 124 valence electrons. The molecule has 4 rings (SSSR count).